The molecule has 2 aromatic carbocycles. The molecule has 0 aliphatic rings. The lowest BCUT2D eigenvalue weighted by Crippen LogP contribution is -2.20. The summed E-state index contributed by atoms with van der Waals surface area (Å²) >= 11 is 6.32. The van der Waals surface area contributed by atoms with Gasteiger partial charge in [-0.25, -0.2) is 0 Å². The molecule has 0 aliphatic carbocycles. The molecule has 0 aliphatic heterocycles. The van der Waals surface area contributed by atoms with E-state index < -0.39 is 0 Å². The quantitative estimate of drug-likeness (QED) is 0.894. The third-order valence-corrected chi connectivity index (χ3v) is 3.88. The van der Waals surface area contributed by atoms with E-state index in [1.165, 1.54) is 16.8 Å². The third-order valence-electron chi connectivity index (χ3n) is 3.53. The smallest absolute Gasteiger partial charge is 0.0471 e. The molecule has 0 saturated carbocycles. The molecule has 0 radical (unpaired) electrons. The van der Waals surface area contributed by atoms with Gasteiger partial charge in [0.2, 0.25) is 0 Å². The minimum Gasteiger partial charge on any atom is -0.370 e. The first-order chi connectivity index (χ1) is 9.63. The van der Waals surface area contributed by atoms with E-state index in [1.807, 2.05) is 19.2 Å². The number of benzene rings is 2. The number of aryl methyl sites for hydroxylation is 1. The van der Waals surface area contributed by atoms with Crippen molar-refractivity contribution in [1.82, 2.24) is 5.32 Å². The van der Waals surface area contributed by atoms with Gasteiger partial charge in [0.1, 0.15) is 0 Å². The Labute approximate surface area is 126 Å². The predicted octanol–water partition coefficient (Wildman–Crippen LogP) is 4.00. The Morgan fingerprint density at radius 2 is 1.85 bits per heavy atom. The summed E-state index contributed by atoms with van der Waals surface area (Å²) in [5.41, 5.74) is 4.98. The molecule has 3 heteroatoms. The van der Waals surface area contributed by atoms with Crippen LogP contribution in [0.2, 0.25) is 5.02 Å². The molecule has 0 aromatic heterocycles. The average molecular weight is 289 g/mol. The first kappa shape index (κ1) is 14.9. The number of hydrogen-bond donors (Lipinski definition) is 1. The van der Waals surface area contributed by atoms with Gasteiger partial charge in [-0.05, 0) is 37.2 Å². The topological polar surface area (TPSA) is 15.3 Å². The maximum atomic E-state index is 6.32. The van der Waals surface area contributed by atoms with E-state index in [4.69, 9.17) is 11.6 Å². The van der Waals surface area contributed by atoms with Crippen molar-refractivity contribution in [1.29, 1.82) is 0 Å². The van der Waals surface area contributed by atoms with Gasteiger partial charge in [-0.1, -0.05) is 41.9 Å². The molecule has 0 atom stereocenters. The summed E-state index contributed by atoms with van der Waals surface area (Å²) < 4.78 is 0. The van der Waals surface area contributed by atoms with Gasteiger partial charge in [0.25, 0.3) is 0 Å². The number of anilines is 1. The van der Waals surface area contributed by atoms with Crippen LogP contribution >= 0.6 is 11.6 Å². The van der Waals surface area contributed by atoms with Crippen molar-refractivity contribution in [3.63, 3.8) is 0 Å². The molecule has 106 valence electrons. The Hall–Kier alpha value is -1.51. The van der Waals surface area contributed by atoms with Gasteiger partial charge in [0, 0.05) is 36.4 Å². The maximum absolute atomic E-state index is 6.32. The highest BCUT2D eigenvalue weighted by Crippen LogP contribution is 2.28. The standard InChI is InChI=1S/C17H21ClN2/c1-13-7-4-5-8-14(13)12-20(3)17-10-6-9-16(18)15(17)11-19-2/h4-10,19H,11-12H2,1-3H3. The molecule has 0 bridgehead atoms. The molecule has 1 N–H and O–H groups in total. The van der Waals surface area contributed by atoms with Crippen LogP contribution in [-0.2, 0) is 13.1 Å². The minimum absolute atomic E-state index is 0.771. The van der Waals surface area contributed by atoms with Crippen LogP contribution in [0, 0.1) is 6.92 Å². The Bertz CT molecular complexity index is 581. The summed E-state index contributed by atoms with van der Waals surface area (Å²) in [5, 5.41) is 4.00. The summed E-state index contributed by atoms with van der Waals surface area (Å²) in [6, 6.07) is 14.6. The Balaban J connectivity index is 2.27. The molecular formula is C17H21ClN2. The highest BCUT2D eigenvalue weighted by Gasteiger charge is 2.11. The molecule has 0 spiro atoms. The van der Waals surface area contributed by atoms with E-state index in [2.05, 4.69) is 54.5 Å². The molecule has 20 heavy (non-hydrogen) atoms. The Morgan fingerprint density at radius 1 is 1.10 bits per heavy atom. The number of nitrogens with zero attached hydrogens (tertiary/aromatic N) is 1. The van der Waals surface area contributed by atoms with Crippen molar-refractivity contribution in [3.05, 3.63) is 64.2 Å². The Kier molecular flexibility index (Phi) is 5.05. The summed E-state index contributed by atoms with van der Waals surface area (Å²) in [7, 11) is 4.05. The molecule has 2 rings (SSSR count). The summed E-state index contributed by atoms with van der Waals surface area (Å²) in [4.78, 5) is 2.25. The van der Waals surface area contributed by atoms with Crippen LogP contribution in [0.5, 0.6) is 0 Å². The van der Waals surface area contributed by atoms with Gasteiger partial charge in [-0.2, -0.15) is 0 Å². The van der Waals surface area contributed by atoms with Crippen LogP contribution < -0.4 is 10.2 Å². The van der Waals surface area contributed by atoms with Crippen molar-refractivity contribution in [2.75, 3.05) is 19.0 Å². The van der Waals surface area contributed by atoms with Crippen LogP contribution in [0.25, 0.3) is 0 Å². The monoisotopic (exact) mass is 288 g/mol. The number of hydrogen-bond acceptors (Lipinski definition) is 2. The fourth-order valence-electron chi connectivity index (χ4n) is 2.38. The lowest BCUT2D eigenvalue weighted by Gasteiger charge is -2.24. The fraction of sp³-hybridized carbons (Fsp3) is 0.294. The number of rotatable bonds is 5. The lowest BCUT2D eigenvalue weighted by atomic mass is 10.1. The van der Waals surface area contributed by atoms with E-state index in [0.29, 0.717) is 0 Å². The minimum atomic E-state index is 0.771. The van der Waals surface area contributed by atoms with Crippen molar-refractivity contribution in [2.45, 2.75) is 20.0 Å². The van der Waals surface area contributed by atoms with Crippen LogP contribution in [0.4, 0.5) is 5.69 Å². The molecule has 2 aromatic rings. The van der Waals surface area contributed by atoms with Crippen LogP contribution in [0.15, 0.2) is 42.5 Å². The molecule has 0 saturated heterocycles. The SMILES string of the molecule is CNCc1c(Cl)cccc1N(C)Cc1ccccc1C. The second-order valence-corrected chi connectivity index (χ2v) is 5.46. The van der Waals surface area contributed by atoms with Gasteiger partial charge >= 0.3 is 0 Å². The average Bonchev–Trinajstić information content (AvgIpc) is 2.43. The zero-order chi connectivity index (χ0) is 14.5. The van der Waals surface area contributed by atoms with Gasteiger partial charge in [0.15, 0.2) is 0 Å². The van der Waals surface area contributed by atoms with Crippen LogP contribution in [0.1, 0.15) is 16.7 Å². The predicted molar refractivity (Wildman–Crippen MR) is 87.5 cm³/mol. The second kappa shape index (κ2) is 6.78. The summed E-state index contributed by atoms with van der Waals surface area (Å²) in [5.74, 6) is 0. The molecule has 0 fully saturated rings. The van der Waals surface area contributed by atoms with E-state index in [0.717, 1.165) is 23.7 Å². The molecule has 0 unspecified atom stereocenters. The first-order valence-corrected chi connectivity index (χ1v) is 7.19. The van der Waals surface area contributed by atoms with Crippen LogP contribution in [-0.4, -0.2) is 14.1 Å². The number of halogens is 1. The van der Waals surface area contributed by atoms with E-state index in [1.54, 1.807) is 0 Å². The fourth-order valence-corrected chi connectivity index (χ4v) is 2.62. The third kappa shape index (κ3) is 3.33. The molecular weight excluding hydrogens is 268 g/mol. The largest absolute Gasteiger partial charge is 0.370 e. The molecule has 2 nitrogen and oxygen atoms in total. The number of nitrogens with one attached hydrogen (secondary N) is 1. The van der Waals surface area contributed by atoms with Crippen molar-refractivity contribution in [2.24, 2.45) is 0 Å². The first-order valence-electron chi connectivity index (χ1n) is 6.81. The van der Waals surface area contributed by atoms with Crippen molar-refractivity contribution in [3.8, 4) is 0 Å². The zero-order valence-electron chi connectivity index (χ0n) is 12.3. The summed E-state index contributed by atoms with van der Waals surface area (Å²) in [6.07, 6.45) is 0. The summed E-state index contributed by atoms with van der Waals surface area (Å²) in [6.45, 7) is 3.80. The van der Waals surface area contributed by atoms with Crippen LogP contribution in [0.3, 0.4) is 0 Å². The van der Waals surface area contributed by atoms with Crippen molar-refractivity contribution < 1.29 is 0 Å². The van der Waals surface area contributed by atoms with Gasteiger partial charge in [0.05, 0.1) is 0 Å². The van der Waals surface area contributed by atoms with Gasteiger partial charge in [-0.3, -0.25) is 0 Å². The lowest BCUT2D eigenvalue weighted by molar-refractivity contribution is 0.805. The molecule has 0 amide bonds. The van der Waals surface area contributed by atoms with Crippen molar-refractivity contribution >= 4 is 17.3 Å². The van der Waals surface area contributed by atoms with E-state index >= 15 is 0 Å². The highest BCUT2D eigenvalue weighted by molar-refractivity contribution is 6.31. The highest BCUT2D eigenvalue weighted by atomic mass is 35.5. The second-order valence-electron chi connectivity index (χ2n) is 5.05. The van der Waals surface area contributed by atoms with E-state index in [9.17, 15) is 0 Å². The molecule has 0 heterocycles. The maximum Gasteiger partial charge on any atom is 0.0471 e. The Morgan fingerprint density at radius 3 is 2.55 bits per heavy atom. The van der Waals surface area contributed by atoms with Gasteiger partial charge in [-0.15, -0.1) is 0 Å². The van der Waals surface area contributed by atoms with E-state index in [-0.39, 0.29) is 0 Å². The normalized spacial score (nSPS) is 10.6. The van der Waals surface area contributed by atoms with Gasteiger partial charge < -0.3 is 10.2 Å². The zero-order valence-corrected chi connectivity index (χ0v) is 13.0.